The SMILES string of the molecule is CC(=O)/C(C)=C/N=C(C)C1CC1. The molecule has 12 heavy (non-hydrogen) atoms. The van der Waals surface area contributed by atoms with Gasteiger partial charge in [-0.15, -0.1) is 0 Å². The van der Waals surface area contributed by atoms with E-state index < -0.39 is 0 Å². The lowest BCUT2D eigenvalue weighted by Crippen LogP contribution is -1.94. The molecular weight excluding hydrogens is 150 g/mol. The van der Waals surface area contributed by atoms with Crippen molar-refractivity contribution in [3.05, 3.63) is 11.8 Å². The van der Waals surface area contributed by atoms with Gasteiger partial charge in [-0.25, -0.2) is 0 Å². The molecule has 2 nitrogen and oxygen atoms in total. The summed E-state index contributed by atoms with van der Waals surface area (Å²) in [5.74, 6) is 0.795. The zero-order valence-electron chi connectivity index (χ0n) is 7.92. The monoisotopic (exact) mass is 165 g/mol. The van der Waals surface area contributed by atoms with Gasteiger partial charge in [-0.1, -0.05) is 0 Å². The number of carbonyl (C=O) groups excluding carboxylic acids is 1. The molecule has 1 aliphatic rings. The van der Waals surface area contributed by atoms with E-state index in [1.807, 2.05) is 6.92 Å². The molecule has 0 spiro atoms. The van der Waals surface area contributed by atoms with Crippen LogP contribution in [0.15, 0.2) is 16.8 Å². The Morgan fingerprint density at radius 3 is 2.33 bits per heavy atom. The second-order valence-corrected chi connectivity index (χ2v) is 3.41. The third-order valence-electron chi connectivity index (χ3n) is 2.19. The lowest BCUT2D eigenvalue weighted by atomic mass is 10.2. The molecule has 0 radical (unpaired) electrons. The third kappa shape index (κ3) is 2.61. The van der Waals surface area contributed by atoms with Crippen LogP contribution in [-0.4, -0.2) is 11.5 Å². The van der Waals surface area contributed by atoms with Crippen LogP contribution in [-0.2, 0) is 4.79 Å². The minimum Gasteiger partial charge on any atom is -0.295 e. The maximum absolute atomic E-state index is 10.8. The van der Waals surface area contributed by atoms with Crippen molar-refractivity contribution in [3.63, 3.8) is 0 Å². The van der Waals surface area contributed by atoms with Crippen LogP contribution >= 0.6 is 0 Å². The van der Waals surface area contributed by atoms with Crippen LogP contribution in [0.1, 0.15) is 33.6 Å². The zero-order valence-corrected chi connectivity index (χ0v) is 7.92. The molecule has 0 aliphatic heterocycles. The molecule has 1 fully saturated rings. The number of Topliss-reactive ketones (excluding diaryl/α,β-unsaturated/α-hetero) is 1. The van der Waals surface area contributed by atoms with Gasteiger partial charge in [0.25, 0.3) is 0 Å². The van der Waals surface area contributed by atoms with Gasteiger partial charge >= 0.3 is 0 Å². The van der Waals surface area contributed by atoms with Crippen LogP contribution in [0, 0.1) is 5.92 Å². The molecule has 0 heterocycles. The summed E-state index contributed by atoms with van der Waals surface area (Å²) < 4.78 is 0. The lowest BCUT2D eigenvalue weighted by molar-refractivity contribution is -0.113. The number of allylic oxidation sites excluding steroid dienone is 1. The summed E-state index contributed by atoms with van der Waals surface area (Å²) >= 11 is 0. The molecular formula is C10H15NO. The van der Waals surface area contributed by atoms with Crippen LogP contribution in [0.5, 0.6) is 0 Å². The van der Waals surface area contributed by atoms with Crippen LogP contribution in [0.2, 0.25) is 0 Å². The fraction of sp³-hybridized carbons (Fsp3) is 0.600. The summed E-state index contributed by atoms with van der Waals surface area (Å²) in [6.45, 7) is 5.39. The zero-order chi connectivity index (χ0) is 9.14. The Hall–Kier alpha value is -0.920. The molecule has 1 rings (SSSR count). The van der Waals surface area contributed by atoms with E-state index in [1.165, 1.54) is 12.8 Å². The number of ketones is 1. The topological polar surface area (TPSA) is 29.4 Å². The van der Waals surface area contributed by atoms with E-state index in [0.29, 0.717) is 5.92 Å². The Balaban J connectivity index is 2.55. The van der Waals surface area contributed by atoms with E-state index in [-0.39, 0.29) is 5.78 Å². The first kappa shape index (κ1) is 9.17. The van der Waals surface area contributed by atoms with E-state index in [2.05, 4.69) is 4.99 Å². The van der Waals surface area contributed by atoms with Gasteiger partial charge in [0.2, 0.25) is 0 Å². The van der Waals surface area contributed by atoms with Gasteiger partial charge in [0.05, 0.1) is 0 Å². The number of carbonyl (C=O) groups is 1. The Morgan fingerprint density at radius 2 is 1.92 bits per heavy atom. The van der Waals surface area contributed by atoms with E-state index >= 15 is 0 Å². The minimum atomic E-state index is 0.0994. The van der Waals surface area contributed by atoms with E-state index in [4.69, 9.17) is 0 Å². The van der Waals surface area contributed by atoms with E-state index in [9.17, 15) is 4.79 Å². The Morgan fingerprint density at radius 1 is 1.33 bits per heavy atom. The molecule has 0 saturated heterocycles. The molecule has 0 aromatic carbocycles. The first-order valence-corrected chi connectivity index (χ1v) is 4.33. The number of rotatable bonds is 3. The molecule has 0 N–H and O–H groups in total. The van der Waals surface area contributed by atoms with E-state index in [1.54, 1.807) is 20.0 Å². The maximum Gasteiger partial charge on any atom is 0.157 e. The summed E-state index contributed by atoms with van der Waals surface area (Å²) in [5.41, 5.74) is 1.89. The van der Waals surface area contributed by atoms with Crippen molar-refractivity contribution in [3.8, 4) is 0 Å². The normalized spacial score (nSPS) is 19.6. The van der Waals surface area contributed by atoms with Gasteiger partial charge in [0.1, 0.15) is 0 Å². The molecule has 1 saturated carbocycles. The van der Waals surface area contributed by atoms with Crippen molar-refractivity contribution in [1.29, 1.82) is 0 Å². The average Bonchev–Trinajstić information content (AvgIpc) is 2.81. The van der Waals surface area contributed by atoms with Crippen LogP contribution in [0.25, 0.3) is 0 Å². The molecule has 66 valence electrons. The smallest absolute Gasteiger partial charge is 0.157 e. The standard InChI is InChI=1S/C10H15NO/c1-7(9(3)12)6-11-8(2)10-4-5-10/h6,10H,4-5H2,1-3H3/b7-6+,11-8?. The number of aliphatic imine (C=N–C) groups is 1. The lowest BCUT2D eigenvalue weighted by Gasteiger charge is -1.93. The van der Waals surface area contributed by atoms with Crippen molar-refractivity contribution >= 4 is 11.5 Å². The Labute approximate surface area is 73.4 Å². The number of hydrogen-bond donors (Lipinski definition) is 0. The fourth-order valence-corrected chi connectivity index (χ4v) is 0.896. The molecule has 0 atom stereocenters. The van der Waals surface area contributed by atoms with Crippen LogP contribution in [0.3, 0.4) is 0 Å². The highest BCUT2D eigenvalue weighted by Gasteiger charge is 2.23. The van der Waals surface area contributed by atoms with Crippen molar-refractivity contribution in [2.75, 3.05) is 0 Å². The van der Waals surface area contributed by atoms with Gasteiger partial charge in [0, 0.05) is 17.5 Å². The minimum absolute atomic E-state index is 0.0994. The van der Waals surface area contributed by atoms with Gasteiger partial charge in [0.15, 0.2) is 5.78 Å². The summed E-state index contributed by atoms with van der Waals surface area (Å²) in [6.07, 6.45) is 4.21. The Kier molecular flexibility index (Phi) is 2.79. The van der Waals surface area contributed by atoms with Crippen molar-refractivity contribution in [1.82, 2.24) is 0 Å². The fourth-order valence-electron chi connectivity index (χ4n) is 0.896. The third-order valence-corrected chi connectivity index (χ3v) is 2.19. The first-order chi connectivity index (χ1) is 5.61. The highest BCUT2D eigenvalue weighted by Crippen LogP contribution is 2.30. The molecule has 0 bridgehead atoms. The Bertz CT molecular complexity index is 247. The number of hydrogen-bond acceptors (Lipinski definition) is 2. The quantitative estimate of drug-likeness (QED) is 0.466. The molecule has 0 unspecified atom stereocenters. The molecule has 0 amide bonds. The maximum atomic E-state index is 10.8. The molecule has 0 aromatic rings. The summed E-state index contributed by atoms with van der Waals surface area (Å²) in [6, 6.07) is 0. The highest BCUT2D eigenvalue weighted by atomic mass is 16.1. The average molecular weight is 165 g/mol. The predicted molar refractivity (Wildman–Crippen MR) is 50.3 cm³/mol. The summed E-state index contributed by atoms with van der Waals surface area (Å²) in [4.78, 5) is 15.0. The summed E-state index contributed by atoms with van der Waals surface area (Å²) in [5, 5.41) is 0. The predicted octanol–water partition coefficient (Wildman–Crippen LogP) is 2.35. The first-order valence-electron chi connectivity index (χ1n) is 4.33. The molecule has 0 aromatic heterocycles. The van der Waals surface area contributed by atoms with Crippen LogP contribution < -0.4 is 0 Å². The second kappa shape index (κ2) is 3.65. The highest BCUT2D eigenvalue weighted by molar-refractivity contribution is 5.93. The van der Waals surface area contributed by atoms with Crippen molar-refractivity contribution in [2.45, 2.75) is 33.6 Å². The second-order valence-electron chi connectivity index (χ2n) is 3.41. The largest absolute Gasteiger partial charge is 0.295 e. The number of nitrogens with zero attached hydrogens (tertiary/aromatic N) is 1. The van der Waals surface area contributed by atoms with Crippen molar-refractivity contribution < 1.29 is 4.79 Å². The van der Waals surface area contributed by atoms with Crippen molar-refractivity contribution in [2.24, 2.45) is 10.9 Å². The van der Waals surface area contributed by atoms with Gasteiger partial charge in [-0.05, 0) is 39.5 Å². The summed E-state index contributed by atoms with van der Waals surface area (Å²) in [7, 11) is 0. The van der Waals surface area contributed by atoms with Gasteiger partial charge in [-0.2, -0.15) is 0 Å². The van der Waals surface area contributed by atoms with Crippen LogP contribution in [0.4, 0.5) is 0 Å². The molecule has 2 heteroatoms. The van der Waals surface area contributed by atoms with Gasteiger partial charge in [-0.3, -0.25) is 9.79 Å². The van der Waals surface area contributed by atoms with Gasteiger partial charge < -0.3 is 0 Å². The van der Waals surface area contributed by atoms with E-state index in [0.717, 1.165) is 11.3 Å². The molecule has 1 aliphatic carbocycles.